The monoisotopic (exact) mass is 555 g/mol. The molecule has 0 atom stereocenters. The first-order chi connectivity index (χ1) is 11.6. The van der Waals surface area contributed by atoms with E-state index < -0.39 is 0 Å². The molecule has 0 unspecified atom stereocenters. The van der Waals surface area contributed by atoms with Crippen LogP contribution in [0.5, 0.6) is 0 Å². The van der Waals surface area contributed by atoms with E-state index in [9.17, 15) is 5.26 Å². The van der Waals surface area contributed by atoms with Crippen LogP contribution < -0.4 is 11.1 Å². The van der Waals surface area contributed by atoms with Crippen molar-refractivity contribution in [2.24, 2.45) is 5.73 Å². The molecule has 0 aliphatic rings. The normalized spacial score (nSPS) is 11.0. The summed E-state index contributed by atoms with van der Waals surface area (Å²) in [5.74, 6) is 0.389. The fourth-order valence-electron chi connectivity index (χ4n) is 2.00. The minimum Gasteiger partial charge on any atom is -0.384 e. The summed E-state index contributed by atoms with van der Waals surface area (Å²) in [6, 6.07) is 22.5. The minimum atomic E-state index is 0. The zero-order valence-corrected chi connectivity index (χ0v) is 18.9. The van der Waals surface area contributed by atoms with E-state index in [0.29, 0.717) is 11.4 Å². The van der Waals surface area contributed by atoms with Gasteiger partial charge in [-0.05, 0) is 12.0 Å². The number of hydrogen-bond acceptors (Lipinski definition) is 3. The molecule has 0 heterocycles. The predicted molar refractivity (Wildman–Crippen MR) is 100 cm³/mol. The molecule has 0 aliphatic heterocycles. The zero-order valence-electron chi connectivity index (χ0n) is 14.7. The van der Waals surface area contributed by atoms with Crippen LogP contribution in [0.3, 0.4) is 0 Å². The van der Waals surface area contributed by atoms with Crippen molar-refractivity contribution in [3.63, 3.8) is 0 Å². The Morgan fingerprint density at radius 1 is 1.24 bits per heavy atom. The number of hydrogen-bond donors (Lipinski definition) is 2. The Morgan fingerprint density at radius 2 is 1.84 bits per heavy atom. The van der Waals surface area contributed by atoms with Crippen molar-refractivity contribution in [3.05, 3.63) is 96.2 Å². The fraction of sp³-hybridized carbons (Fsp3) is 0.143. The fourth-order valence-corrected chi connectivity index (χ4v) is 2.00. The SMILES string of the molecule is CC/C=C(/C(C#N)=C(/N)NC)c1cc[c-]cc1.[CH2-]c1ccccc1.[U+2]. The van der Waals surface area contributed by atoms with Gasteiger partial charge in [-0.15, -0.1) is 17.7 Å². The summed E-state index contributed by atoms with van der Waals surface area (Å²) in [5, 5.41) is 12.0. The van der Waals surface area contributed by atoms with Gasteiger partial charge in [0, 0.05) is 7.05 Å². The number of allylic oxidation sites excluding steroid dienone is 3. The van der Waals surface area contributed by atoms with E-state index in [1.54, 1.807) is 7.05 Å². The van der Waals surface area contributed by atoms with E-state index in [2.05, 4.69) is 24.4 Å². The standard InChI is InChI=1S/C14H16N3.C7H7.U/c1-3-7-12(11-8-5-4-6-9-11)13(10-15)14(16)17-2;1-7-5-3-2-4-6-7;/h5-9,17H,3,16H2,1-2H3;2-6H,1H2;/q2*-1;+2/b12-7+,14-13-;;. The van der Waals surface area contributed by atoms with E-state index in [1.807, 2.05) is 67.6 Å². The Labute approximate surface area is 175 Å². The summed E-state index contributed by atoms with van der Waals surface area (Å²) in [7, 11) is 1.70. The molecule has 25 heavy (non-hydrogen) atoms. The van der Waals surface area contributed by atoms with Gasteiger partial charge in [-0.25, -0.2) is 0 Å². The van der Waals surface area contributed by atoms with Gasteiger partial charge in [-0.2, -0.15) is 60.2 Å². The molecular formula is C21H23N3U. The quantitative estimate of drug-likeness (QED) is 0.340. The van der Waals surface area contributed by atoms with E-state index >= 15 is 0 Å². The van der Waals surface area contributed by atoms with E-state index in [0.717, 1.165) is 23.1 Å². The molecule has 0 radical (unpaired) electrons. The van der Waals surface area contributed by atoms with Crippen molar-refractivity contribution in [1.29, 1.82) is 5.26 Å². The second kappa shape index (κ2) is 13.2. The topological polar surface area (TPSA) is 61.8 Å². The van der Waals surface area contributed by atoms with Gasteiger partial charge in [0.05, 0.1) is 5.57 Å². The summed E-state index contributed by atoms with van der Waals surface area (Å²) in [5.41, 5.74) is 9.17. The molecule has 2 aromatic rings. The molecular weight excluding hydrogens is 532 g/mol. The molecule has 0 bridgehead atoms. The molecule has 0 fully saturated rings. The number of nitriles is 1. The van der Waals surface area contributed by atoms with Crippen LogP contribution in [0, 0.1) is 55.4 Å². The Balaban J connectivity index is 0.000000603. The Hall–Kier alpha value is -2.07. The summed E-state index contributed by atoms with van der Waals surface area (Å²) >= 11 is 0. The van der Waals surface area contributed by atoms with Crippen molar-refractivity contribution < 1.29 is 31.1 Å². The predicted octanol–water partition coefficient (Wildman–Crippen LogP) is 4.06. The van der Waals surface area contributed by atoms with Crippen molar-refractivity contribution in [2.75, 3.05) is 7.05 Å². The van der Waals surface area contributed by atoms with E-state index in [1.165, 1.54) is 0 Å². The number of rotatable bonds is 4. The molecule has 0 saturated carbocycles. The van der Waals surface area contributed by atoms with Crippen LogP contribution in [0.1, 0.15) is 24.5 Å². The number of benzene rings is 2. The molecule has 0 amide bonds. The van der Waals surface area contributed by atoms with E-state index in [4.69, 9.17) is 5.73 Å². The molecule has 0 aliphatic carbocycles. The third-order valence-electron chi connectivity index (χ3n) is 3.20. The van der Waals surface area contributed by atoms with Crippen molar-refractivity contribution in [1.82, 2.24) is 5.32 Å². The molecule has 126 valence electrons. The molecule has 2 aromatic carbocycles. The Kier molecular flexibility index (Phi) is 12.2. The third kappa shape index (κ3) is 8.03. The molecule has 0 spiro atoms. The average Bonchev–Trinajstić information content (AvgIpc) is 2.63. The second-order valence-corrected chi connectivity index (χ2v) is 4.95. The maximum absolute atomic E-state index is 9.21. The molecule has 0 aromatic heterocycles. The number of nitrogens with one attached hydrogen (secondary N) is 1. The van der Waals surface area contributed by atoms with Crippen LogP contribution in [-0.4, -0.2) is 7.05 Å². The Morgan fingerprint density at radius 3 is 2.24 bits per heavy atom. The maximum Gasteiger partial charge on any atom is 2.00 e. The first-order valence-corrected chi connectivity index (χ1v) is 7.75. The minimum absolute atomic E-state index is 0. The zero-order chi connectivity index (χ0) is 17.8. The van der Waals surface area contributed by atoms with Gasteiger partial charge in [0.15, 0.2) is 0 Å². The largest absolute Gasteiger partial charge is 2.00 e. The van der Waals surface area contributed by atoms with Crippen molar-refractivity contribution in [2.45, 2.75) is 13.3 Å². The number of nitrogens with zero attached hydrogens (tertiary/aromatic N) is 1. The summed E-state index contributed by atoms with van der Waals surface area (Å²) < 4.78 is 0. The number of nitrogens with two attached hydrogens (primary N) is 1. The summed E-state index contributed by atoms with van der Waals surface area (Å²) in [4.78, 5) is 0. The third-order valence-corrected chi connectivity index (χ3v) is 3.20. The second-order valence-electron chi connectivity index (χ2n) is 4.95. The summed E-state index contributed by atoms with van der Waals surface area (Å²) in [6.07, 6.45) is 2.84. The van der Waals surface area contributed by atoms with Gasteiger partial charge in [0.1, 0.15) is 11.9 Å². The van der Waals surface area contributed by atoms with Crippen LogP contribution in [0.4, 0.5) is 0 Å². The van der Waals surface area contributed by atoms with Crippen LogP contribution in [0.25, 0.3) is 5.57 Å². The summed E-state index contributed by atoms with van der Waals surface area (Å²) in [6.45, 7) is 5.75. The maximum atomic E-state index is 9.21. The first-order valence-electron chi connectivity index (χ1n) is 7.75. The van der Waals surface area contributed by atoms with Crippen molar-refractivity contribution in [3.8, 4) is 6.07 Å². The van der Waals surface area contributed by atoms with E-state index in [-0.39, 0.29) is 31.1 Å². The van der Waals surface area contributed by atoms with Gasteiger partial charge in [-0.1, -0.05) is 19.1 Å². The smallest absolute Gasteiger partial charge is 0.384 e. The Bertz CT molecular complexity index is 714. The molecule has 0 saturated heterocycles. The average molecular weight is 555 g/mol. The van der Waals surface area contributed by atoms with Crippen LogP contribution in [-0.2, 0) is 0 Å². The van der Waals surface area contributed by atoms with Gasteiger partial charge < -0.3 is 11.1 Å². The van der Waals surface area contributed by atoms with Gasteiger partial charge in [-0.3, -0.25) is 0 Å². The molecule has 2 rings (SSSR count). The van der Waals surface area contributed by atoms with Gasteiger partial charge in [0.25, 0.3) is 0 Å². The van der Waals surface area contributed by atoms with Gasteiger partial charge >= 0.3 is 31.1 Å². The van der Waals surface area contributed by atoms with Crippen molar-refractivity contribution >= 4 is 5.57 Å². The molecule has 4 heteroatoms. The first kappa shape index (κ1) is 22.9. The molecule has 3 N–H and O–H groups in total. The van der Waals surface area contributed by atoms with Gasteiger partial charge in [0.2, 0.25) is 0 Å². The molecule has 3 nitrogen and oxygen atoms in total. The van der Waals surface area contributed by atoms with Crippen LogP contribution in [0.2, 0.25) is 0 Å². The van der Waals surface area contributed by atoms with Crippen LogP contribution >= 0.6 is 0 Å². The van der Waals surface area contributed by atoms with Crippen LogP contribution in [0.15, 0.2) is 72.1 Å².